The third kappa shape index (κ3) is 3.50. The highest BCUT2D eigenvalue weighted by molar-refractivity contribution is 6.28. The first-order valence-corrected chi connectivity index (χ1v) is 5.78. The fraction of sp³-hybridized carbons (Fsp3) is 0.500. The van der Waals surface area contributed by atoms with E-state index in [-0.39, 0.29) is 28.4 Å². The van der Waals surface area contributed by atoms with Crippen molar-refractivity contribution in [2.45, 2.75) is 19.9 Å². The Morgan fingerprint density at radius 3 is 2.53 bits per heavy atom. The molecule has 1 atom stereocenters. The van der Waals surface area contributed by atoms with Gasteiger partial charge in [-0.1, -0.05) is 0 Å². The highest BCUT2D eigenvalue weighted by Crippen LogP contribution is 2.27. The molecular formula is C10H14ClN5O3. The minimum Gasteiger partial charge on any atom is -0.353 e. The van der Waals surface area contributed by atoms with Gasteiger partial charge in [-0.3, -0.25) is 14.9 Å². The van der Waals surface area contributed by atoms with Crippen LogP contribution in [0.15, 0.2) is 0 Å². The van der Waals surface area contributed by atoms with Crippen LogP contribution in [0.2, 0.25) is 5.28 Å². The Balaban J connectivity index is 3.13. The second-order valence-corrected chi connectivity index (χ2v) is 4.47. The fourth-order valence-electron chi connectivity index (χ4n) is 1.51. The van der Waals surface area contributed by atoms with Gasteiger partial charge in [-0.2, -0.15) is 4.98 Å². The molecule has 0 saturated heterocycles. The number of carbonyl (C=O) groups is 1. The highest BCUT2D eigenvalue weighted by Gasteiger charge is 2.25. The summed E-state index contributed by atoms with van der Waals surface area (Å²) in [5, 5.41) is 13.6. The summed E-state index contributed by atoms with van der Waals surface area (Å²) in [4.78, 5) is 31.0. The molecule has 1 heterocycles. The summed E-state index contributed by atoms with van der Waals surface area (Å²) in [6.45, 7) is 3.03. The van der Waals surface area contributed by atoms with Crippen molar-refractivity contribution in [2.24, 2.45) is 0 Å². The molecule has 8 nitrogen and oxygen atoms in total. The first-order valence-electron chi connectivity index (χ1n) is 5.40. The first-order chi connectivity index (χ1) is 8.73. The van der Waals surface area contributed by atoms with Crippen LogP contribution in [-0.2, 0) is 4.79 Å². The van der Waals surface area contributed by atoms with Gasteiger partial charge in [0.15, 0.2) is 0 Å². The average molecular weight is 288 g/mol. The minimum atomic E-state index is -0.668. The molecule has 1 aromatic rings. The van der Waals surface area contributed by atoms with E-state index in [1.165, 1.54) is 11.8 Å². The summed E-state index contributed by atoms with van der Waals surface area (Å²) in [6, 6.07) is -0.668. The van der Waals surface area contributed by atoms with Crippen molar-refractivity contribution in [3.05, 3.63) is 21.1 Å². The average Bonchev–Trinajstić information content (AvgIpc) is 2.25. The molecule has 0 aliphatic carbocycles. The van der Waals surface area contributed by atoms with Gasteiger partial charge >= 0.3 is 5.69 Å². The van der Waals surface area contributed by atoms with Gasteiger partial charge in [0.05, 0.1) is 4.92 Å². The Morgan fingerprint density at radius 2 is 2.05 bits per heavy atom. The second-order valence-electron chi connectivity index (χ2n) is 4.13. The molecular weight excluding hydrogens is 274 g/mol. The van der Waals surface area contributed by atoms with E-state index in [9.17, 15) is 14.9 Å². The van der Waals surface area contributed by atoms with Gasteiger partial charge in [0, 0.05) is 14.1 Å². The number of amides is 1. The number of nitro groups is 1. The molecule has 1 unspecified atom stereocenters. The van der Waals surface area contributed by atoms with E-state index in [4.69, 9.17) is 11.6 Å². The monoisotopic (exact) mass is 287 g/mol. The number of nitrogens with one attached hydrogen (secondary N) is 1. The summed E-state index contributed by atoms with van der Waals surface area (Å²) in [7, 11) is 3.18. The second kappa shape index (κ2) is 5.79. The minimum absolute atomic E-state index is 0.0646. The summed E-state index contributed by atoms with van der Waals surface area (Å²) in [6.07, 6.45) is 0. The summed E-state index contributed by atoms with van der Waals surface area (Å²) in [5.74, 6) is -0.299. The lowest BCUT2D eigenvalue weighted by atomic mass is 10.2. The lowest BCUT2D eigenvalue weighted by Crippen LogP contribution is -2.37. The van der Waals surface area contributed by atoms with E-state index in [0.717, 1.165) is 0 Å². The van der Waals surface area contributed by atoms with Crippen molar-refractivity contribution < 1.29 is 9.72 Å². The number of halogens is 1. The van der Waals surface area contributed by atoms with Crippen LogP contribution in [-0.4, -0.2) is 45.8 Å². The molecule has 0 fully saturated rings. The van der Waals surface area contributed by atoms with Gasteiger partial charge in [-0.25, -0.2) is 4.98 Å². The van der Waals surface area contributed by atoms with Gasteiger partial charge in [0.2, 0.25) is 17.0 Å². The zero-order valence-electron chi connectivity index (χ0n) is 11.0. The SMILES string of the molecule is Cc1nc(Cl)nc(NC(C)C(=O)N(C)C)c1[N+](=O)[O-]. The predicted octanol–water partition coefficient (Wildman–Crippen LogP) is 1.24. The zero-order valence-corrected chi connectivity index (χ0v) is 11.7. The number of hydrogen-bond acceptors (Lipinski definition) is 6. The zero-order chi connectivity index (χ0) is 14.7. The van der Waals surface area contributed by atoms with Crippen molar-refractivity contribution in [1.29, 1.82) is 0 Å². The predicted molar refractivity (Wildman–Crippen MR) is 70.2 cm³/mol. The number of aromatic nitrogens is 2. The number of likely N-dealkylation sites (N-methyl/N-ethyl adjacent to an activating group) is 1. The first kappa shape index (κ1) is 15.1. The molecule has 0 aromatic carbocycles. The molecule has 1 amide bonds. The maximum atomic E-state index is 11.7. The maximum Gasteiger partial charge on any atom is 0.332 e. The van der Waals surface area contributed by atoms with E-state index in [1.807, 2.05) is 0 Å². The molecule has 9 heteroatoms. The number of anilines is 1. The van der Waals surface area contributed by atoms with Gasteiger partial charge in [0.25, 0.3) is 0 Å². The molecule has 19 heavy (non-hydrogen) atoms. The Morgan fingerprint density at radius 1 is 1.47 bits per heavy atom. The normalized spacial score (nSPS) is 11.8. The summed E-state index contributed by atoms with van der Waals surface area (Å²) >= 11 is 5.67. The number of nitrogens with zero attached hydrogens (tertiary/aromatic N) is 4. The molecule has 1 aromatic heterocycles. The Hall–Kier alpha value is -1.96. The van der Waals surface area contributed by atoms with Crippen LogP contribution < -0.4 is 5.32 Å². The van der Waals surface area contributed by atoms with Crippen LogP contribution in [0.5, 0.6) is 0 Å². The third-order valence-corrected chi connectivity index (χ3v) is 2.55. The molecule has 0 saturated carbocycles. The molecule has 1 rings (SSSR count). The number of aryl methyl sites for hydroxylation is 1. The van der Waals surface area contributed by atoms with Gasteiger partial charge < -0.3 is 10.2 Å². The van der Waals surface area contributed by atoms with E-state index < -0.39 is 11.0 Å². The molecule has 0 bridgehead atoms. The van der Waals surface area contributed by atoms with Crippen molar-refractivity contribution in [1.82, 2.24) is 14.9 Å². The molecule has 1 N–H and O–H groups in total. The van der Waals surface area contributed by atoms with Crippen molar-refractivity contribution >= 4 is 29.0 Å². The van der Waals surface area contributed by atoms with E-state index >= 15 is 0 Å². The van der Waals surface area contributed by atoms with Crippen LogP contribution >= 0.6 is 11.6 Å². The van der Waals surface area contributed by atoms with Crippen LogP contribution in [0.3, 0.4) is 0 Å². The topological polar surface area (TPSA) is 101 Å². The van der Waals surface area contributed by atoms with Crippen molar-refractivity contribution in [3.8, 4) is 0 Å². The summed E-state index contributed by atoms with van der Waals surface area (Å²) < 4.78 is 0. The highest BCUT2D eigenvalue weighted by atomic mass is 35.5. The molecule has 104 valence electrons. The lowest BCUT2D eigenvalue weighted by molar-refractivity contribution is -0.385. The van der Waals surface area contributed by atoms with Gasteiger partial charge in [0.1, 0.15) is 11.7 Å². The lowest BCUT2D eigenvalue weighted by Gasteiger charge is -2.18. The Labute approximate surface area is 114 Å². The largest absolute Gasteiger partial charge is 0.353 e. The maximum absolute atomic E-state index is 11.7. The van der Waals surface area contributed by atoms with Crippen LogP contribution in [0, 0.1) is 17.0 Å². The number of hydrogen-bond donors (Lipinski definition) is 1. The van der Waals surface area contributed by atoms with E-state index in [1.54, 1.807) is 21.0 Å². The quantitative estimate of drug-likeness (QED) is 0.508. The Kier molecular flexibility index (Phi) is 4.60. The Bertz CT molecular complexity index is 520. The standard InChI is InChI=1S/C10H14ClN5O3/c1-5-7(16(18)19)8(14-10(11)13-5)12-6(2)9(17)15(3)4/h6H,1-4H3,(H,12,13,14). The van der Waals surface area contributed by atoms with Gasteiger partial charge in [-0.05, 0) is 25.4 Å². The molecule has 0 aliphatic rings. The van der Waals surface area contributed by atoms with Gasteiger partial charge in [-0.15, -0.1) is 0 Å². The van der Waals surface area contributed by atoms with Crippen molar-refractivity contribution in [3.63, 3.8) is 0 Å². The van der Waals surface area contributed by atoms with Crippen LogP contribution in [0.1, 0.15) is 12.6 Å². The third-order valence-electron chi connectivity index (χ3n) is 2.38. The van der Waals surface area contributed by atoms with Crippen molar-refractivity contribution in [2.75, 3.05) is 19.4 Å². The number of rotatable bonds is 4. The van der Waals surface area contributed by atoms with E-state index in [2.05, 4.69) is 15.3 Å². The molecule has 0 aliphatic heterocycles. The summed E-state index contributed by atoms with van der Waals surface area (Å²) in [5.41, 5.74) is -0.153. The molecule has 0 spiro atoms. The smallest absolute Gasteiger partial charge is 0.332 e. The molecule has 0 radical (unpaired) electrons. The van der Waals surface area contributed by atoms with Crippen LogP contribution in [0.25, 0.3) is 0 Å². The van der Waals surface area contributed by atoms with E-state index in [0.29, 0.717) is 0 Å². The number of carbonyl (C=O) groups excluding carboxylic acids is 1. The van der Waals surface area contributed by atoms with Crippen LogP contribution in [0.4, 0.5) is 11.5 Å². The fourth-order valence-corrected chi connectivity index (χ4v) is 1.72.